The van der Waals surface area contributed by atoms with Crippen LogP contribution in [0.15, 0.2) is 28.8 Å². The van der Waals surface area contributed by atoms with Crippen molar-refractivity contribution in [1.82, 2.24) is 20.3 Å². The van der Waals surface area contributed by atoms with Crippen LogP contribution >= 0.6 is 0 Å². The zero-order valence-electron chi connectivity index (χ0n) is 14.3. The molecule has 2 N–H and O–H groups in total. The first-order valence-corrected chi connectivity index (χ1v) is 9.09. The fourth-order valence-electron chi connectivity index (χ4n) is 3.43. The molecule has 1 amide bonds. The fraction of sp³-hybridized carbons (Fsp3) is 0.368. The maximum absolute atomic E-state index is 12.6. The summed E-state index contributed by atoms with van der Waals surface area (Å²) in [5, 5.41) is 14.2. The second-order valence-electron chi connectivity index (χ2n) is 6.99. The summed E-state index contributed by atoms with van der Waals surface area (Å²) in [6.07, 6.45) is 6.21. The van der Waals surface area contributed by atoms with Gasteiger partial charge in [0.2, 0.25) is 0 Å². The number of amides is 1. The number of rotatable bonds is 4. The van der Waals surface area contributed by atoms with E-state index in [1.807, 2.05) is 24.3 Å². The number of carbonyl (C=O) groups excluding carboxylic acids is 1. The molecular weight excluding hydrogens is 330 g/mol. The highest BCUT2D eigenvalue weighted by Crippen LogP contribution is 2.38. The van der Waals surface area contributed by atoms with E-state index in [0.717, 1.165) is 48.4 Å². The van der Waals surface area contributed by atoms with Crippen molar-refractivity contribution >= 4 is 11.6 Å². The highest BCUT2D eigenvalue weighted by Gasteiger charge is 2.27. The minimum absolute atomic E-state index is 0.234. The van der Waals surface area contributed by atoms with Crippen molar-refractivity contribution in [2.75, 3.05) is 5.32 Å². The van der Waals surface area contributed by atoms with Crippen LogP contribution in [-0.4, -0.2) is 26.2 Å². The fourth-order valence-corrected chi connectivity index (χ4v) is 3.43. The lowest BCUT2D eigenvalue weighted by Crippen LogP contribution is -2.15. The van der Waals surface area contributed by atoms with Crippen LogP contribution in [0.25, 0.3) is 11.4 Å². The lowest BCUT2D eigenvalue weighted by atomic mass is 9.96. The SMILES string of the molecule is O=C(Nc1cccc(-c2n[nH]c(C3CC3)n2)c1)c1noc2c1CCCC2. The Balaban J connectivity index is 1.37. The number of hydrogen-bond acceptors (Lipinski definition) is 5. The van der Waals surface area contributed by atoms with Crippen molar-refractivity contribution in [1.29, 1.82) is 0 Å². The highest BCUT2D eigenvalue weighted by atomic mass is 16.5. The number of nitrogens with one attached hydrogen (secondary N) is 2. The first-order valence-electron chi connectivity index (χ1n) is 9.09. The van der Waals surface area contributed by atoms with E-state index in [4.69, 9.17) is 4.52 Å². The third-order valence-electron chi connectivity index (χ3n) is 5.01. The normalized spacial score (nSPS) is 16.3. The minimum atomic E-state index is -0.234. The highest BCUT2D eigenvalue weighted by molar-refractivity contribution is 6.04. The minimum Gasteiger partial charge on any atom is -0.360 e. The van der Waals surface area contributed by atoms with Crippen LogP contribution in [-0.2, 0) is 12.8 Å². The molecule has 2 aromatic heterocycles. The molecule has 1 saturated carbocycles. The number of benzene rings is 1. The largest absolute Gasteiger partial charge is 0.360 e. The Labute approximate surface area is 150 Å². The zero-order valence-corrected chi connectivity index (χ0v) is 14.3. The molecule has 0 spiro atoms. The summed E-state index contributed by atoms with van der Waals surface area (Å²) in [7, 11) is 0. The number of anilines is 1. The van der Waals surface area contributed by atoms with Crippen LogP contribution in [0.4, 0.5) is 5.69 Å². The smallest absolute Gasteiger partial charge is 0.278 e. The van der Waals surface area contributed by atoms with Crippen molar-refractivity contribution < 1.29 is 9.32 Å². The summed E-state index contributed by atoms with van der Waals surface area (Å²) < 4.78 is 5.34. The molecule has 0 radical (unpaired) electrons. The van der Waals surface area contributed by atoms with Crippen molar-refractivity contribution in [3.8, 4) is 11.4 Å². The molecule has 2 aliphatic carbocycles. The number of aryl methyl sites for hydroxylation is 1. The average molecular weight is 349 g/mol. The predicted octanol–water partition coefficient (Wildman–Crippen LogP) is 3.47. The molecule has 1 fully saturated rings. The molecule has 3 aromatic rings. The summed E-state index contributed by atoms with van der Waals surface area (Å²) in [6, 6.07) is 7.55. The Bertz CT molecular complexity index is 970. The summed E-state index contributed by atoms with van der Waals surface area (Å²) in [4.78, 5) is 17.2. The van der Waals surface area contributed by atoms with Crippen LogP contribution in [0, 0.1) is 0 Å². The maximum Gasteiger partial charge on any atom is 0.278 e. The lowest BCUT2D eigenvalue weighted by molar-refractivity contribution is 0.101. The van der Waals surface area contributed by atoms with Gasteiger partial charge in [0.05, 0.1) is 0 Å². The summed E-state index contributed by atoms with van der Waals surface area (Å²) in [5.41, 5.74) is 2.91. The second kappa shape index (κ2) is 6.09. The third-order valence-corrected chi connectivity index (χ3v) is 5.01. The van der Waals surface area contributed by atoms with E-state index in [9.17, 15) is 4.79 Å². The Hall–Kier alpha value is -2.96. The van der Waals surface area contributed by atoms with Gasteiger partial charge in [-0.15, -0.1) is 0 Å². The van der Waals surface area contributed by atoms with Gasteiger partial charge < -0.3 is 9.84 Å². The molecule has 1 aromatic carbocycles. The molecule has 0 atom stereocenters. The van der Waals surface area contributed by atoms with Gasteiger partial charge in [-0.1, -0.05) is 17.3 Å². The molecule has 5 rings (SSSR count). The molecule has 0 bridgehead atoms. The number of fused-ring (bicyclic) bond motifs is 1. The quantitative estimate of drug-likeness (QED) is 0.752. The van der Waals surface area contributed by atoms with E-state index in [2.05, 4.69) is 25.7 Å². The summed E-state index contributed by atoms with van der Waals surface area (Å²) >= 11 is 0. The molecule has 2 aliphatic rings. The molecular formula is C19H19N5O2. The van der Waals surface area contributed by atoms with E-state index in [0.29, 0.717) is 23.1 Å². The summed E-state index contributed by atoms with van der Waals surface area (Å²) in [6.45, 7) is 0. The predicted molar refractivity (Wildman–Crippen MR) is 94.9 cm³/mol. The van der Waals surface area contributed by atoms with Gasteiger partial charge in [-0.3, -0.25) is 9.89 Å². The van der Waals surface area contributed by atoms with E-state index in [-0.39, 0.29) is 5.91 Å². The van der Waals surface area contributed by atoms with E-state index in [1.54, 1.807) is 0 Å². The molecule has 26 heavy (non-hydrogen) atoms. The average Bonchev–Trinajstić information content (AvgIpc) is 3.24. The molecule has 0 unspecified atom stereocenters. The topological polar surface area (TPSA) is 96.7 Å². The van der Waals surface area contributed by atoms with Gasteiger partial charge in [0.15, 0.2) is 11.5 Å². The Morgan fingerprint density at radius 1 is 1.23 bits per heavy atom. The molecule has 7 nitrogen and oxygen atoms in total. The molecule has 2 heterocycles. The first kappa shape index (κ1) is 15.3. The van der Waals surface area contributed by atoms with Crippen molar-refractivity contribution in [2.45, 2.75) is 44.4 Å². The van der Waals surface area contributed by atoms with Crippen LogP contribution in [0.1, 0.15) is 59.2 Å². The Kier molecular flexibility index (Phi) is 3.58. The number of nitrogens with zero attached hydrogens (tertiary/aromatic N) is 3. The van der Waals surface area contributed by atoms with Gasteiger partial charge in [-0.05, 0) is 44.2 Å². The van der Waals surface area contributed by atoms with Gasteiger partial charge in [0.25, 0.3) is 5.91 Å². The van der Waals surface area contributed by atoms with Crippen molar-refractivity contribution in [2.24, 2.45) is 0 Å². The first-order chi connectivity index (χ1) is 12.8. The molecule has 7 heteroatoms. The van der Waals surface area contributed by atoms with Crippen LogP contribution < -0.4 is 5.32 Å². The van der Waals surface area contributed by atoms with Gasteiger partial charge in [0.1, 0.15) is 11.6 Å². The van der Waals surface area contributed by atoms with Gasteiger partial charge in [-0.25, -0.2) is 4.98 Å². The molecule has 0 aliphatic heterocycles. The number of aromatic nitrogens is 4. The molecule has 132 valence electrons. The van der Waals surface area contributed by atoms with Crippen LogP contribution in [0.2, 0.25) is 0 Å². The van der Waals surface area contributed by atoms with Gasteiger partial charge in [0, 0.05) is 29.2 Å². The number of carbonyl (C=O) groups is 1. The van der Waals surface area contributed by atoms with E-state index < -0.39 is 0 Å². The van der Waals surface area contributed by atoms with Gasteiger partial charge >= 0.3 is 0 Å². The number of H-pyrrole nitrogens is 1. The number of hydrogen-bond donors (Lipinski definition) is 2. The standard InChI is InChI=1S/C19H19N5O2/c25-19(16-14-6-1-2-7-15(14)26-24-16)20-13-5-3-4-12(10-13)18-21-17(22-23-18)11-8-9-11/h3-5,10-11H,1-2,6-9H2,(H,20,25)(H,21,22,23). The van der Waals surface area contributed by atoms with Crippen molar-refractivity contribution in [3.05, 3.63) is 47.1 Å². The van der Waals surface area contributed by atoms with E-state index in [1.165, 1.54) is 12.8 Å². The summed E-state index contributed by atoms with van der Waals surface area (Å²) in [5.74, 6) is 2.74. The zero-order chi connectivity index (χ0) is 17.5. The monoisotopic (exact) mass is 349 g/mol. The van der Waals surface area contributed by atoms with Crippen LogP contribution in [0.3, 0.4) is 0 Å². The Morgan fingerprint density at radius 2 is 2.12 bits per heavy atom. The van der Waals surface area contributed by atoms with Gasteiger partial charge in [-0.2, -0.15) is 5.10 Å². The van der Waals surface area contributed by atoms with Crippen molar-refractivity contribution in [3.63, 3.8) is 0 Å². The number of aromatic amines is 1. The second-order valence-corrected chi connectivity index (χ2v) is 6.99. The maximum atomic E-state index is 12.6. The third kappa shape index (κ3) is 2.79. The lowest BCUT2D eigenvalue weighted by Gasteiger charge is -2.09. The molecule has 0 saturated heterocycles. The van der Waals surface area contributed by atoms with Crippen LogP contribution in [0.5, 0.6) is 0 Å². The Morgan fingerprint density at radius 3 is 3.00 bits per heavy atom. The van der Waals surface area contributed by atoms with E-state index >= 15 is 0 Å².